The van der Waals surface area contributed by atoms with E-state index in [0.717, 1.165) is 6.42 Å². The SMILES string of the molecule is COC(=O)c1cnc(C)nc1NC1CCCC1SC. The Hall–Kier alpha value is -1.30. The summed E-state index contributed by atoms with van der Waals surface area (Å²) in [5.41, 5.74) is 0.403. The summed E-state index contributed by atoms with van der Waals surface area (Å²) in [4.78, 5) is 20.1. The molecule has 0 radical (unpaired) electrons. The highest BCUT2D eigenvalue weighted by atomic mass is 32.2. The fourth-order valence-electron chi connectivity index (χ4n) is 2.39. The topological polar surface area (TPSA) is 64.1 Å². The van der Waals surface area contributed by atoms with Crippen molar-refractivity contribution >= 4 is 23.5 Å². The molecule has 5 nitrogen and oxygen atoms in total. The molecule has 0 spiro atoms. The lowest BCUT2D eigenvalue weighted by molar-refractivity contribution is 0.0601. The maximum Gasteiger partial charge on any atom is 0.343 e. The fraction of sp³-hybridized carbons (Fsp3) is 0.615. The van der Waals surface area contributed by atoms with Crippen molar-refractivity contribution in [3.63, 3.8) is 0 Å². The van der Waals surface area contributed by atoms with Crippen LogP contribution in [0.2, 0.25) is 0 Å². The van der Waals surface area contributed by atoms with Crippen molar-refractivity contribution in [3.05, 3.63) is 17.6 Å². The molecular formula is C13H19N3O2S. The number of anilines is 1. The largest absolute Gasteiger partial charge is 0.465 e. The minimum absolute atomic E-state index is 0.354. The summed E-state index contributed by atoms with van der Waals surface area (Å²) in [5.74, 6) is 0.834. The number of methoxy groups -OCH3 is 1. The monoisotopic (exact) mass is 281 g/mol. The van der Waals surface area contributed by atoms with E-state index in [2.05, 4.69) is 21.5 Å². The number of rotatable bonds is 4. The summed E-state index contributed by atoms with van der Waals surface area (Å²) >= 11 is 1.86. The molecule has 1 N–H and O–H groups in total. The summed E-state index contributed by atoms with van der Waals surface area (Å²) in [6, 6.07) is 0.354. The van der Waals surface area contributed by atoms with E-state index in [-0.39, 0.29) is 0 Å². The van der Waals surface area contributed by atoms with E-state index in [1.54, 1.807) is 0 Å². The van der Waals surface area contributed by atoms with E-state index >= 15 is 0 Å². The Bertz CT molecular complexity index is 467. The van der Waals surface area contributed by atoms with Gasteiger partial charge < -0.3 is 10.1 Å². The van der Waals surface area contributed by atoms with Crippen molar-refractivity contribution in [1.29, 1.82) is 0 Å². The average Bonchev–Trinajstić information content (AvgIpc) is 2.85. The molecule has 1 aliphatic rings. The van der Waals surface area contributed by atoms with Gasteiger partial charge in [-0.15, -0.1) is 0 Å². The third-order valence-electron chi connectivity index (χ3n) is 3.39. The van der Waals surface area contributed by atoms with E-state index in [1.807, 2.05) is 18.7 Å². The van der Waals surface area contributed by atoms with Crippen molar-refractivity contribution in [2.45, 2.75) is 37.5 Å². The number of carbonyl (C=O) groups excluding carboxylic acids is 1. The lowest BCUT2D eigenvalue weighted by Gasteiger charge is -2.21. The van der Waals surface area contributed by atoms with Gasteiger partial charge >= 0.3 is 5.97 Å². The molecule has 0 bridgehead atoms. The van der Waals surface area contributed by atoms with Crippen LogP contribution < -0.4 is 5.32 Å². The third kappa shape index (κ3) is 3.18. The van der Waals surface area contributed by atoms with Gasteiger partial charge in [0.25, 0.3) is 0 Å². The molecule has 0 aliphatic heterocycles. The molecule has 104 valence electrons. The molecule has 1 aromatic heterocycles. The van der Waals surface area contributed by atoms with E-state index in [4.69, 9.17) is 4.74 Å². The molecule has 6 heteroatoms. The van der Waals surface area contributed by atoms with Gasteiger partial charge in [-0.25, -0.2) is 14.8 Å². The highest BCUT2D eigenvalue weighted by molar-refractivity contribution is 7.99. The molecule has 2 unspecified atom stereocenters. The van der Waals surface area contributed by atoms with Gasteiger partial charge in [-0.2, -0.15) is 11.8 Å². The molecule has 0 amide bonds. The molecule has 19 heavy (non-hydrogen) atoms. The summed E-state index contributed by atoms with van der Waals surface area (Å²) in [6.07, 6.45) is 7.17. The van der Waals surface area contributed by atoms with E-state index in [1.165, 1.54) is 26.1 Å². The van der Waals surface area contributed by atoms with Crippen molar-refractivity contribution in [2.24, 2.45) is 0 Å². The minimum Gasteiger partial charge on any atom is -0.465 e. The molecule has 0 aromatic carbocycles. The Balaban J connectivity index is 2.23. The number of hydrogen-bond acceptors (Lipinski definition) is 6. The molecule has 1 fully saturated rings. The predicted molar refractivity (Wildman–Crippen MR) is 76.7 cm³/mol. The zero-order valence-electron chi connectivity index (χ0n) is 11.5. The average molecular weight is 281 g/mol. The first-order valence-electron chi connectivity index (χ1n) is 6.37. The van der Waals surface area contributed by atoms with Crippen LogP contribution >= 0.6 is 11.8 Å². The Labute approximate surface area is 117 Å². The van der Waals surface area contributed by atoms with Crippen molar-refractivity contribution in [1.82, 2.24) is 9.97 Å². The number of ether oxygens (including phenoxy) is 1. The molecular weight excluding hydrogens is 262 g/mol. The van der Waals surface area contributed by atoms with Crippen LogP contribution in [-0.2, 0) is 4.74 Å². The first kappa shape index (κ1) is 14.1. The Morgan fingerprint density at radius 1 is 1.53 bits per heavy atom. The molecule has 1 saturated carbocycles. The summed E-state index contributed by atoms with van der Waals surface area (Å²) < 4.78 is 4.77. The smallest absolute Gasteiger partial charge is 0.343 e. The quantitative estimate of drug-likeness (QED) is 0.854. The van der Waals surface area contributed by atoms with Gasteiger partial charge in [0.05, 0.1) is 7.11 Å². The van der Waals surface area contributed by atoms with Gasteiger partial charge in [-0.3, -0.25) is 0 Å². The number of esters is 1. The lowest BCUT2D eigenvalue weighted by Crippen LogP contribution is -2.27. The molecule has 1 aliphatic carbocycles. The molecule has 2 rings (SSSR count). The predicted octanol–water partition coefficient (Wildman–Crippen LogP) is 2.27. The van der Waals surface area contributed by atoms with Crippen molar-refractivity contribution in [2.75, 3.05) is 18.7 Å². The number of aromatic nitrogens is 2. The maximum absolute atomic E-state index is 11.7. The van der Waals surface area contributed by atoms with E-state index in [9.17, 15) is 4.79 Å². The first-order chi connectivity index (χ1) is 9.15. The minimum atomic E-state index is -0.402. The standard InChI is InChI=1S/C13H19N3O2S/c1-8-14-7-9(13(17)18-2)12(15-8)16-10-5-4-6-11(10)19-3/h7,10-11H,4-6H2,1-3H3,(H,14,15,16). The van der Waals surface area contributed by atoms with Crippen LogP contribution in [0.1, 0.15) is 35.4 Å². The molecule has 1 aromatic rings. The number of hydrogen-bond donors (Lipinski definition) is 1. The maximum atomic E-state index is 11.7. The number of nitrogens with one attached hydrogen (secondary N) is 1. The van der Waals surface area contributed by atoms with Crippen molar-refractivity contribution in [3.8, 4) is 0 Å². The fourth-order valence-corrected chi connectivity index (χ4v) is 3.32. The third-order valence-corrected chi connectivity index (χ3v) is 4.56. The van der Waals surface area contributed by atoms with Gasteiger partial charge in [-0.1, -0.05) is 6.42 Å². The number of thioether (sulfide) groups is 1. The summed E-state index contributed by atoms with van der Waals surface area (Å²) in [5, 5.41) is 3.96. The van der Waals surface area contributed by atoms with Crippen LogP contribution in [0, 0.1) is 6.92 Å². The lowest BCUT2D eigenvalue weighted by atomic mass is 10.2. The molecule has 1 heterocycles. The van der Waals surface area contributed by atoms with Crippen LogP contribution in [0.25, 0.3) is 0 Å². The highest BCUT2D eigenvalue weighted by Gasteiger charge is 2.28. The van der Waals surface area contributed by atoms with Gasteiger partial charge in [0.15, 0.2) is 0 Å². The zero-order chi connectivity index (χ0) is 13.8. The number of carbonyl (C=O) groups is 1. The molecule has 2 atom stereocenters. The van der Waals surface area contributed by atoms with Gasteiger partial charge in [-0.05, 0) is 26.0 Å². The Kier molecular flexibility index (Phi) is 4.63. The normalized spacial score (nSPS) is 22.3. The van der Waals surface area contributed by atoms with E-state index < -0.39 is 5.97 Å². The van der Waals surface area contributed by atoms with Gasteiger partial charge in [0, 0.05) is 17.5 Å². The zero-order valence-corrected chi connectivity index (χ0v) is 12.3. The summed E-state index contributed by atoms with van der Waals surface area (Å²) in [6.45, 7) is 1.81. The van der Waals surface area contributed by atoms with Gasteiger partial charge in [0.2, 0.25) is 0 Å². The van der Waals surface area contributed by atoms with Crippen LogP contribution in [0.3, 0.4) is 0 Å². The first-order valence-corrected chi connectivity index (χ1v) is 7.65. The van der Waals surface area contributed by atoms with Crippen LogP contribution in [0.15, 0.2) is 6.20 Å². The van der Waals surface area contributed by atoms with Gasteiger partial charge in [0.1, 0.15) is 17.2 Å². The highest BCUT2D eigenvalue weighted by Crippen LogP contribution is 2.31. The summed E-state index contributed by atoms with van der Waals surface area (Å²) in [7, 11) is 1.37. The van der Waals surface area contributed by atoms with Crippen LogP contribution in [0.5, 0.6) is 0 Å². The second-order valence-corrected chi connectivity index (χ2v) is 5.70. The Morgan fingerprint density at radius 2 is 2.32 bits per heavy atom. The number of aryl methyl sites for hydroxylation is 1. The van der Waals surface area contributed by atoms with Crippen LogP contribution in [-0.4, -0.2) is 40.6 Å². The second kappa shape index (κ2) is 6.23. The Morgan fingerprint density at radius 3 is 3.00 bits per heavy atom. The van der Waals surface area contributed by atoms with Crippen molar-refractivity contribution < 1.29 is 9.53 Å². The second-order valence-electron chi connectivity index (χ2n) is 4.63. The molecule has 0 saturated heterocycles. The van der Waals surface area contributed by atoms with Crippen LogP contribution in [0.4, 0.5) is 5.82 Å². The number of nitrogens with zero attached hydrogens (tertiary/aromatic N) is 2. The van der Waals surface area contributed by atoms with E-state index in [0.29, 0.717) is 28.5 Å².